The summed E-state index contributed by atoms with van der Waals surface area (Å²) in [7, 11) is 1.90. The molecule has 0 spiro atoms. The molecule has 1 atom stereocenters. The van der Waals surface area contributed by atoms with Crippen molar-refractivity contribution in [1.82, 2.24) is 20.0 Å². The van der Waals surface area contributed by atoms with Crippen LogP contribution in [-0.2, 0) is 13.6 Å². The number of rotatable bonds is 7. The largest absolute Gasteiger partial charge is 0.312 e. The molecule has 1 N–H and O–H groups in total. The fraction of sp³-hybridized carbons (Fsp3) is 0.550. The first-order valence-electron chi connectivity index (χ1n) is 9.66. The molecule has 1 aliphatic rings. The van der Waals surface area contributed by atoms with Gasteiger partial charge >= 0.3 is 0 Å². The van der Waals surface area contributed by atoms with Gasteiger partial charge in [-0.05, 0) is 57.8 Å². The second-order valence-electron chi connectivity index (χ2n) is 7.71. The Morgan fingerprint density at radius 2 is 2.07 bits per heavy atom. The van der Waals surface area contributed by atoms with Crippen LogP contribution in [0.15, 0.2) is 30.5 Å². The van der Waals surface area contributed by atoms with Crippen LogP contribution in [-0.4, -0.2) is 45.3 Å². The van der Waals surface area contributed by atoms with E-state index in [0.29, 0.717) is 12.0 Å². The number of aromatic nitrogens is 2. The van der Waals surface area contributed by atoms with Gasteiger partial charge in [0.15, 0.2) is 0 Å². The number of nitrogens with zero attached hydrogens (tertiary/aromatic N) is 4. The summed E-state index contributed by atoms with van der Waals surface area (Å²) < 4.78 is 1.80. The smallest absolute Gasteiger partial charge is 0.269 e. The summed E-state index contributed by atoms with van der Waals surface area (Å²) in [5.41, 5.74) is 3.00. The highest BCUT2D eigenvalue weighted by Crippen LogP contribution is 2.24. The van der Waals surface area contributed by atoms with E-state index in [4.69, 9.17) is 0 Å². The average Bonchev–Trinajstić information content (AvgIpc) is 3.02. The van der Waals surface area contributed by atoms with Gasteiger partial charge in [-0.1, -0.05) is 0 Å². The van der Waals surface area contributed by atoms with E-state index in [1.807, 2.05) is 13.2 Å². The SMILES string of the molecule is CC(C)N1CCCC(CNCc2cn(C)nc2-c2ccc([N+](=O)[O-])cc2)C1. The monoisotopic (exact) mass is 371 g/mol. The lowest BCUT2D eigenvalue weighted by molar-refractivity contribution is -0.384. The number of likely N-dealkylation sites (tertiary alicyclic amines) is 1. The Kier molecular flexibility index (Phi) is 6.23. The Morgan fingerprint density at radius 1 is 1.33 bits per heavy atom. The van der Waals surface area contributed by atoms with Gasteiger partial charge in [0.05, 0.1) is 10.6 Å². The summed E-state index contributed by atoms with van der Waals surface area (Å²) in [6.07, 6.45) is 4.56. The number of aryl methyl sites for hydroxylation is 1. The van der Waals surface area contributed by atoms with Gasteiger partial charge in [-0.3, -0.25) is 14.8 Å². The zero-order valence-electron chi connectivity index (χ0n) is 16.4. The molecule has 2 heterocycles. The second kappa shape index (κ2) is 8.63. The molecule has 1 aliphatic heterocycles. The Bertz CT molecular complexity index is 769. The molecule has 1 saturated heterocycles. The fourth-order valence-corrected chi connectivity index (χ4v) is 3.79. The Labute approximate surface area is 160 Å². The van der Waals surface area contributed by atoms with E-state index in [1.54, 1.807) is 16.8 Å². The number of nitrogens with one attached hydrogen (secondary N) is 1. The molecule has 0 saturated carbocycles. The minimum Gasteiger partial charge on any atom is -0.312 e. The van der Waals surface area contributed by atoms with E-state index >= 15 is 0 Å². The van der Waals surface area contributed by atoms with Gasteiger partial charge in [-0.15, -0.1) is 0 Å². The average molecular weight is 371 g/mol. The maximum Gasteiger partial charge on any atom is 0.269 e. The van der Waals surface area contributed by atoms with E-state index in [9.17, 15) is 10.1 Å². The highest BCUT2D eigenvalue weighted by Gasteiger charge is 2.21. The van der Waals surface area contributed by atoms with Gasteiger partial charge in [0.25, 0.3) is 5.69 Å². The molecule has 1 aromatic carbocycles. The number of nitro groups is 1. The lowest BCUT2D eigenvalue weighted by Crippen LogP contribution is -2.42. The number of benzene rings is 1. The molecular weight excluding hydrogens is 342 g/mol. The molecule has 0 amide bonds. The summed E-state index contributed by atoms with van der Waals surface area (Å²) in [6, 6.07) is 7.21. The summed E-state index contributed by atoms with van der Waals surface area (Å²) in [4.78, 5) is 13.0. The van der Waals surface area contributed by atoms with Gasteiger partial charge in [0.1, 0.15) is 0 Å². The molecule has 27 heavy (non-hydrogen) atoms. The van der Waals surface area contributed by atoms with Crippen LogP contribution in [0.3, 0.4) is 0 Å². The summed E-state index contributed by atoms with van der Waals surface area (Å²) in [5.74, 6) is 0.681. The molecule has 1 fully saturated rings. The highest BCUT2D eigenvalue weighted by molar-refractivity contribution is 5.64. The number of piperidine rings is 1. The minimum absolute atomic E-state index is 0.0985. The van der Waals surface area contributed by atoms with E-state index in [-0.39, 0.29) is 10.6 Å². The normalized spacial score (nSPS) is 18.1. The van der Waals surface area contributed by atoms with Crippen molar-refractivity contribution in [1.29, 1.82) is 0 Å². The Morgan fingerprint density at radius 3 is 2.74 bits per heavy atom. The molecule has 0 bridgehead atoms. The van der Waals surface area contributed by atoms with Crippen molar-refractivity contribution >= 4 is 5.69 Å². The molecule has 1 unspecified atom stereocenters. The zero-order chi connectivity index (χ0) is 19.4. The maximum atomic E-state index is 10.8. The van der Waals surface area contributed by atoms with Crippen molar-refractivity contribution in [2.24, 2.45) is 13.0 Å². The van der Waals surface area contributed by atoms with Crippen LogP contribution in [0.2, 0.25) is 0 Å². The number of hydrogen-bond acceptors (Lipinski definition) is 5. The predicted octanol–water partition coefficient (Wildman–Crippen LogP) is 3.21. The van der Waals surface area contributed by atoms with Crippen LogP contribution < -0.4 is 5.32 Å². The molecule has 7 heteroatoms. The fourth-order valence-electron chi connectivity index (χ4n) is 3.79. The van der Waals surface area contributed by atoms with E-state index < -0.39 is 0 Å². The van der Waals surface area contributed by atoms with Gasteiger partial charge < -0.3 is 10.2 Å². The summed E-state index contributed by atoms with van der Waals surface area (Å²) in [5, 5.41) is 19.0. The molecular formula is C20H29N5O2. The maximum absolute atomic E-state index is 10.8. The third kappa shape index (κ3) is 4.93. The minimum atomic E-state index is -0.380. The van der Waals surface area contributed by atoms with Crippen LogP contribution in [0.5, 0.6) is 0 Å². The van der Waals surface area contributed by atoms with E-state index in [1.165, 1.54) is 31.5 Å². The molecule has 1 aromatic heterocycles. The van der Waals surface area contributed by atoms with Crippen LogP contribution in [0.25, 0.3) is 11.3 Å². The van der Waals surface area contributed by atoms with Crippen LogP contribution >= 0.6 is 0 Å². The first-order chi connectivity index (χ1) is 12.9. The second-order valence-corrected chi connectivity index (χ2v) is 7.71. The van der Waals surface area contributed by atoms with Crippen LogP contribution in [0.1, 0.15) is 32.3 Å². The third-order valence-corrected chi connectivity index (χ3v) is 5.29. The van der Waals surface area contributed by atoms with Crippen molar-refractivity contribution in [2.45, 2.75) is 39.3 Å². The van der Waals surface area contributed by atoms with Crippen molar-refractivity contribution in [3.8, 4) is 11.3 Å². The van der Waals surface area contributed by atoms with Crippen molar-refractivity contribution in [3.63, 3.8) is 0 Å². The molecule has 146 valence electrons. The zero-order valence-corrected chi connectivity index (χ0v) is 16.4. The van der Waals surface area contributed by atoms with E-state index in [2.05, 4.69) is 29.2 Å². The first kappa shape index (κ1) is 19.5. The first-order valence-corrected chi connectivity index (χ1v) is 9.66. The molecule has 7 nitrogen and oxygen atoms in total. The Hall–Kier alpha value is -2.25. The van der Waals surface area contributed by atoms with Crippen LogP contribution in [0.4, 0.5) is 5.69 Å². The van der Waals surface area contributed by atoms with E-state index in [0.717, 1.165) is 36.5 Å². The highest BCUT2D eigenvalue weighted by atomic mass is 16.6. The van der Waals surface area contributed by atoms with Crippen LogP contribution in [0, 0.1) is 16.0 Å². The lowest BCUT2D eigenvalue weighted by atomic mass is 9.97. The van der Waals surface area contributed by atoms with Crippen molar-refractivity contribution < 1.29 is 4.92 Å². The van der Waals surface area contributed by atoms with Gasteiger partial charge in [0, 0.05) is 55.6 Å². The lowest BCUT2D eigenvalue weighted by Gasteiger charge is -2.35. The summed E-state index contributed by atoms with van der Waals surface area (Å²) in [6.45, 7) is 8.65. The van der Waals surface area contributed by atoms with Gasteiger partial charge in [-0.25, -0.2) is 0 Å². The third-order valence-electron chi connectivity index (χ3n) is 5.29. The standard InChI is InChI=1S/C20H29N5O2/c1-15(2)24-10-4-5-16(13-24)11-21-12-18-14-23(3)22-20(18)17-6-8-19(9-7-17)25(26)27/h6-9,14-16,21H,4-5,10-13H2,1-3H3. The van der Waals surface area contributed by atoms with Gasteiger partial charge in [-0.2, -0.15) is 5.10 Å². The molecule has 2 aromatic rings. The topological polar surface area (TPSA) is 76.2 Å². The molecule has 3 rings (SSSR count). The summed E-state index contributed by atoms with van der Waals surface area (Å²) >= 11 is 0. The van der Waals surface area contributed by atoms with Crippen molar-refractivity contribution in [3.05, 3.63) is 46.1 Å². The predicted molar refractivity (Wildman–Crippen MR) is 106 cm³/mol. The Balaban J connectivity index is 1.62. The number of non-ortho nitro benzene ring substituents is 1. The number of nitro benzene ring substituents is 1. The van der Waals surface area contributed by atoms with Crippen molar-refractivity contribution in [2.75, 3.05) is 19.6 Å². The molecule has 0 aliphatic carbocycles. The quantitative estimate of drug-likeness (QED) is 0.597. The number of hydrogen-bond donors (Lipinski definition) is 1. The molecule has 0 radical (unpaired) electrons. The van der Waals surface area contributed by atoms with Gasteiger partial charge in [0.2, 0.25) is 0 Å².